The van der Waals surface area contributed by atoms with Crippen molar-refractivity contribution in [3.8, 4) is 0 Å². The molecule has 2 aliphatic rings. The van der Waals surface area contributed by atoms with Gasteiger partial charge in [-0.05, 0) is 67.7 Å². The summed E-state index contributed by atoms with van der Waals surface area (Å²) in [7, 11) is 0. The van der Waals surface area contributed by atoms with Crippen LogP contribution in [-0.4, -0.2) is 17.5 Å². The number of furan rings is 1. The standard InChI is InChI=1S/C27H39N3OS/c1-7-14-30(25-12-10-11-23(9-3)28-25)17-24-16-22(18-31-24)26(19(4)8-2)29-27-21(6)20(5)13-15-32-27/h10-13,15-16,18,20,23,28-29H,7-9,14,17H2,1-6H3/b26-19-. The van der Waals surface area contributed by atoms with Gasteiger partial charge in [-0.25, -0.2) is 0 Å². The van der Waals surface area contributed by atoms with E-state index in [1.54, 1.807) is 11.8 Å². The fourth-order valence-corrected chi connectivity index (χ4v) is 4.84. The number of allylic oxidation sites excluding steroid dienone is 5. The number of dihydropyridines is 1. The Labute approximate surface area is 198 Å². The van der Waals surface area contributed by atoms with E-state index in [2.05, 4.69) is 92.9 Å². The molecule has 5 heteroatoms. The van der Waals surface area contributed by atoms with E-state index in [0.717, 1.165) is 49.4 Å². The van der Waals surface area contributed by atoms with Crippen molar-refractivity contribution in [3.63, 3.8) is 0 Å². The van der Waals surface area contributed by atoms with Crippen molar-refractivity contribution >= 4 is 17.5 Å². The van der Waals surface area contributed by atoms with E-state index < -0.39 is 0 Å². The molecule has 1 aromatic heterocycles. The first-order valence-electron chi connectivity index (χ1n) is 11.9. The minimum atomic E-state index is 0.397. The molecule has 0 radical (unpaired) electrons. The summed E-state index contributed by atoms with van der Waals surface area (Å²) in [5, 5.41) is 10.8. The predicted molar refractivity (Wildman–Crippen MR) is 138 cm³/mol. The Morgan fingerprint density at radius 2 is 2.06 bits per heavy atom. The molecule has 0 spiro atoms. The molecule has 2 atom stereocenters. The second-order valence-corrected chi connectivity index (χ2v) is 9.62. The zero-order valence-corrected chi connectivity index (χ0v) is 21.3. The van der Waals surface area contributed by atoms with Gasteiger partial charge in [0.2, 0.25) is 0 Å². The van der Waals surface area contributed by atoms with E-state index in [4.69, 9.17) is 4.42 Å². The van der Waals surface area contributed by atoms with E-state index in [-0.39, 0.29) is 0 Å². The molecule has 0 bridgehead atoms. The number of hydrogen-bond donors (Lipinski definition) is 2. The highest BCUT2D eigenvalue weighted by molar-refractivity contribution is 8.05. The maximum Gasteiger partial charge on any atom is 0.123 e. The number of hydrogen-bond acceptors (Lipinski definition) is 5. The van der Waals surface area contributed by atoms with Crippen LogP contribution in [0.4, 0.5) is 0 Å². The van der Waals surface area contributed by atoms with Gasteiger partial charge in [-0.3, -0.25) is 0 Å². The van der Waals surface area contributed by atoms with E-state index in [1.165, 1.54) is 22.0 Å². The summed E-state index contributed by atoms with van der Waals surface area (Å²) in [5.74, 6) is 2.62. The van der Waals surface area contributed by atoms with Gasteiger partial charge >= 0.3 is 0 Å². The van der Waals surface area contributed by atoms with Gasteiger partial charge in [0, 0.05) is 23.8 Å². The van der Waals surface area contributed by atoms with Crippen LogP contribution in [0.25, 0.3) is 5.70 Å². The van der Waals surface area contributed by atoms with Crippen molar-refractivity contribution in [2.75, 3.05) is 6.54 Å². The minimum Gasteiger partial charge on any atom is -0.467 e. The Morgan fingerprint density at radius 1 is 1.25 bits per heavy atom. The number of nitrogens with one attached hydrogen (secondary N) is 2. The van der Waals surface area contributed by atoms with Crippen molar-refractivity contribution in [2.45, 2.75) is 73.4 Å². The number of thioether (sulfide) groups is 1. The van der Waals surface area contributed by atoms with Crippen LogP contribution in [-0.2, 0) is 6.54 Å². The number of rotatable bonds is 10. The molecule has 2 aliphatic heterocycles. The molecule has 0 fully saturated rings. The molecule has 3 heterocycles. The molecular weight excluding hydrogens is 414 g/mol. The molecule has 0 saturated heterocycles. The van der Waals surface area contributed by atoms with Gasteiger partial charge in [0.15, 0.2) is 0 Å². The maximum absolute atomic E-state index is 6.07. The fourth-order valence-electron chi connectivity index (χ4n) is 3.85. The molecule has 0 amide bonds. The maximum atomic E-state index is 6.07. The van der Waals surface area contributed by atoms with Gasteiger partial charge in [-0.2, -0.15) is 0 Å². The lowest BCUT2D eigenvalue weighted by Crippen LogP contribution is -2.38. The lowest BCUT2D eigenvalue weighted by Gasteiger charge is -2.31. The van der Waals surface area contributed by atoms with Crippen molar-refractivity contribution < 1.29 is 4.42 Å². The average molecular weight is 454 g/mol. The SMILES string of the molecule is CCCN(Cc1cc(/C(NC2=C(C)C(C)C=CS2)=C(\C)CC)co1)C1=CC=CC(CC)N1. The van der Waals surface area contributed by atoms with Crippen molar-refractivity contribution in [3.05, 3.63) is 75.4 Å². The van der Waals surface area contributed by atoms with Gasteiger partial charge in [0.25, 0.3) is 0 Å². The van der Waals surface area contributed by atoms with E-state index in [0.29, 0.717) is 12.0 Å². The highest BCUT2D eigenvalue weighted by atomic mass is 32.2. The predicted octanol–water partition coefficient (Wildman–Crippen LogP) is 7.13. The van der Waals surface area contributed by atoms with E-state index in [1.807, 2.05) is 6.26 Å². The summed E-state index contributed by atoms with van der Waals surface area (Å²) in [6, 6.07) is 2.59. The summed E-state index contributed by atoms with van der Waals surface area (Å²) >= 11 is 1.76. The van der Waals surface area contributed by atoms with Crippen molar-refractivity contribution in [1.29, 1.82) is 0 Å². The van der Waals surface area contributed by atoms with Crippen LogP contribution >= 0.6 is 11.8 Å². The monoisotopic (exact) mass is 453 g/mol. The third kappa shape index (κ3) is 5.94. The molecule has 2 unspecified atom stereocenters. The molecule has 3 rings (SSSR count). The Balaban J connectivity index is 1.80. The third-order valence-electron chi connectivity index (χ3n) is 6.28. The second-order valence-electron chi connectivity index (χ2n) is 8.70. The van der Waals surface area contributed by atoms with Crippen LogP contribution in [0, 0.1) is 5.92 Å². The van der Waals surface area contributed by atoms with Crippen LogP contribution in [0.1, 0.15) is 72.1 Å². The van der Waals surface area contributed by atoms with Crippen molar-refractivity contribution in [2.24, 2.45) is 5.92 Å². The van der Waals surface area contributed by atoms with Crippen LogP contribution < -0.4 is 10.6 Å². The lowest BCUT2D eigenvalue weighted by molar-refractivity contribution is 0.278. The summed E-state index contributed by atoms with van der Waals surface area (Å²) in [6.07, 6.45) is 13.9. The van der Waals surface area contributed by atoms with Gasteiger partial charge in [-0.15, -0.1) is 0 Å². The quantitative estimate of drug-likeness (QED) is 0.394. The molecule has 0 aliphatic carbocycles. The Morgan fingerprint density at radius 3 is 2.78 bits per heavy atom. The number of nitrogens with zero attached hydrogens (tertiary/aromatic N) is 1. The molecule has 2 N–H and O–H groups in total. The average Bonchev–Trinajstić information content (AvgIpc) is 3.27. The molecule has 0 saturated carbocycles. The van der Waals surface area contributed by atoms with Gasteiger partial charge in [0.1, 0.15) is 17.8 Å². The lowest BCUT2D eigenvalue weighted by atomic mass is 10.0. The Bertz CT molecular complexity index is 934. The summed E-state index contributed by atoms with van der Waals surface area (Å²) in [6.45, 7) is 15.0. The van der Waals surface area contributed by atoms with Crippen LogP contribution in [0.2, 0.25) is 0 Å². The summed E-state index contributed by atoms with van der Waals surface area (Å²) in [4.78, 5) is 2.38. The van der Waals surface area contributed by atoms with Gasteiger partial charge in [0.05, 0.1) is 11.6 Å². The van der Waals surface area contributed by atoms with Gasteiger partial charge in [-0.1, -0.05) is 57.7 Å². The minimum absolute atomic E-state index is 0.397. The van der Waals surface area contributed by atoms with E-state index >= 15 is 0 Å². The van der Waals surface area contributed by atoms with Crippen molar-refractivity contribution in [1.82, 2.24) is 15.5 Å². The van der Waals surface area contributed by atoms with Crippen LogP contribution in [0.5, 0.6) is 0 Å². The topological polar surface area (TPSA) is 40.4 Å². The van der Waals surface area contributed by atoms with Gasteiger partial charge < -0.3 is 20.0 Å². The first-order valence-corrected chi connectivity index (χ1v) is 12.8. The summed E-state index contributed by atoms with van der Waals surface area (Å²) in [5.41, 5.74) is 5.00. The molecule has 32 heavy (non-hydrogen) atoms. The third-order valence-corrected chi connectivity index (χ3v) is 7.24. The highest BCUT2D eigenvalue weighted by Crippen LogP contribution is 2.33. The molecule has 1 aromatic rings. The molecular formula is C27H39N3OS. The summed E-state index contributed by atoms with van der Waals surface area (Å²) < 4.78 is 6.07. The Kier molecular flexibility index (Phi) is 8.80. The van der Waals surface area contributed by atoms with E-state index in [9.17, 15) is 0 Å². The molecule has 0 aromatic carbocycles. The first kappa shape index (κ1) is 24.4. The van der Waals surface area contributed by atoms with Crippen LogP contribution in [0.3, 0.4) is 0 Å². The zero-order valence-electron chi connectivity index (χ0n) is 20.5. The Hall–Kier alpha value is -2.27. The molecule has 4 nitrogen and oxygen atoms in total. The smallest absolute Gasteiger partial charge is 0.123 e. The zero-order chi connectivity index (χ0) is 23.1. The highest BCUT2D eigenvalue weighted by Gasteiger charge is 2.19. The largest absolute Gasteiger partial charge is 0.467 e. The fraction of sp³-hybridized carbons (Fsp3) is 0.481. The normalized spacial score (nSPS) is 21.2. The first-order chi connectivity index (χ1) is 15.5. The second kappa shape index (κ2) is 11.6. The van der Waals surface area contributed by atoms with Crippen LogP contribution in [0.15, 0.2) is 68.5 Å². The molecule has 174 valence electrons.